The third-order valence-electron chi connectivity index (χ3n) is 1.92. The predicted molar refractivity (Wildman–Crippen MR) is 61.3 cm³/mol. The Balaban J connectivity index is 4.81. The van der Waals surface area contributed by atoms with Gasteiger partial charge in [0.2, 0.25) is 10.0 Å². The van der Waals surface area contributed by atoms with Gasteiger partial charge in [-0.05, 0) is 27.2 Å². The van der Waals surface area contributed by atoms with E-state index in [1.165, 1.54) is 4.31 Å². The molecule has 14 heavy (non-hydrogen) atoms. The van der Waals surface area contributed by atoms with E-state index >= 15 is 0 Å². The Morgan fingerprint density at radius 3 is 2.00 bits per heavy atom. The summed E-state index contributed by atoms with van der Waals surface area (Å²) >= 11 is 5.58. The van der Waals surface area contributed by atoms with Crippen LogP contribution in [0.25, 0.3) is 0 Å². The maximum absolute atomic E-state index is 12.0. The molecule has 86 valence electrons. The van der Waals surface area contributed by atoms with Crippen molar-refractivity contribution in [3.05, 3.63) is 0 Å². The minimum atomic E-state index is -3.21. The van der Waals surface area contributed by atoms with Gasteiger partial charge in [-0.15, -0.1) is 11.6 Å². The summed E-state index contributed by atoms with van der Waals surface area (Å²) < 4.78 is 24.7. The fraction of sp³-hybridized carbons (Fsp3) is 1.00. The van der Waals surface area contributed by atoms with Crippen LogP contribution in [0.1, 0.15) is 34.1 Å². The van der Waals surface area contributed by atoms with Crippen molar-refractivity contribution in [3.63, 3.8) is 0 Å². The highest BCUT2D eigenvalue weighted by Gasteiger charge is 2.34. The summed E-state index contributed by atoms with van der Waals surface area (Å²) in [4.78, 5) is 0. The van der Waals surface area contributed by atoms with Crippen LogP contribution in [0, 0.1) is 0 Å². The predicted octanol–water partition coefficient (Wildman–Crippen LogP) is 2.07. The zero-order valence-electron chi connectivity index (χ0n) is 9.38. The molecule has 0 bridgehead atoms. The van der Waals surface area contributed by atoms with Crippen LogP contribution in [0.5, 0.6) is 0 Å². The van der Waals surface area contributed by atoms with Gasteiger partial charge in [-0.2, -0.15) is 0 Å². The van der Waals surface area contributed by atoms with Crippen LogP contribution in [-0.2, 0) is 10.0 Å². The first-order chi connectivity index (χ1) is 6.27. The number of alkyl halides is 1. The van der Waals surface area contributed by atoms with Gasteiger partial charge < -0.3 is 0 Å². The summed E-state index contributed by atoms with van der Waals surface area (Å²) in [6, 6.07) is 0. The first kappa shape index (κ1) is 14.2. The highest BCUT2D eigenvalue weighted by molar-refractivity contribution is 7.90. The van der Waals surface area contributed by atoms with Gasteiger partial charge in [-0.25, -0.2) is 12.7 Å². The van der Waals surface area contributed by atoms with E-state index in [-0.39, 0.29) is 0 Å². The average Bonchev–Trinajstić information content (AvgIpc) is 2.02. The van der Waals surface area contributed by atoms with Crippen molar-refractivity contribution in [2.75, 3.05) is 19.0 Å². The minimum Gasteiger partial charge on any atom is -0.212 e. The first-order valence-electron chi connectivity index (χ1n) is 4.83. The topological polar surface area (TPSA) is 37.4 Å². The fourth-order valence-corrected chi connectivity index (χ4v) is 2.92. The van der Waals surface area contributed by atoms with Crippen molar-refractivity contribution in [1.29, 1.82) is 0 Å². The minimum absolute atomic E-state index is 0.343. The van der Waals surface area contributed by atoms with Crippen LogP contribution >= 0.6 is 11.6 Å². The third kappa shape index (κ3) is 3.41. The lowest BCUT2D eigenvalue weighted by atomic mass is 10.3. The smallest absolute Gasteiger partial charge is 0.212 e. The molecule has 0 aliphatic rings. The molecule has 0 radical (unpaired) electrons. The Hall–Kier alpha value is 0.200. The Kier molecular flexibility index (Phi) is 5.41. The number of sulfonamides is 1. The SMILES string of the molecule is CCCN(CCCl)S(=O)(=O)C(C)(C)C. The zero-order chi connectivity index (χ0) is 11.4. The van der Waals surface area contributed by atoms with Crippen molar-refractivity contribution in [1.82, 2.24) is 4.31 Å². The molecule has 0 aromatic carbocycles. The van der Waals surface area contributed by atoms with Crippen molar-refractivity contribution < 1.29 is 8.42 Å². The van der Waals surface area contributed by atoms with E-state index in [1.807, 2.05) is 6.92 Å². The number of hydrogen-bond donors (Lipinski definition) is 0. The average molecular weight is 242 g/mol. The molecule has 5 heteroatoms. The molecule has 0 spiro atoms. The zero-order valence-corrected chi connectivity index (χ0v) is 11.0. The molecule has 0 rings (SSSR count). The summed E-state index contributed by atoms with van der Waals surface area (Å²) in [7, 11) is -3.21. The summed E-state index contributed by atoms with van der Waals surface area (Å²) in [6.45, 7) is 8.03. The summed E-state index contributed by atoms with van der Waals surface area (Å²) in [5, 5.41) is 0. The third-order valence-corrected chi connectivity index (χ3v) is 4.68. The van der Waals surface area contributed by atoms with E-state index in [9.17, 15) is 8.42 Å². The highest BCUT2D eigenvalue weighted by atomic mass is 35.5. The van der Waals surface area contributed by atoms with Gasteiger partial charge in [-0.1, -0.05) is 6.92 Å². The molecular formula is C9H20ClNO2S. The van der Waals surface area contributed by atoms with Gasteiger partial charge in [-0.3, -0.25) is 0 Å². The van der Waals surface area contributed by atoms with Gasteiger partial charge in [0.1, 0.15) is 0 Å². The second kappa shape index (κ2) is 5.33. The van der Waals surface area contributed by atoms with Crippen molar-refractivity contribution in [2.24, 2.45) is 0 Å². The molecule has 0 fully saturated rings. The van der Waals surface area contributed by atoms with Gasteiger partial charge in [0.25, 0.3) is 0 Å². The summed E-state index contributed by atoms with van der Waals surface area (Å²) in [6.07, 6.45) is 0.812. The van der Waals surface area contributed by atoms with E-state index in [4.69, 9.17) is 11.6 Å². The second-order valence-electron chi connectivity index (χ2n) is 4.21. The van der Waals surface area contributed by atoms with Gasteiger partial charge in [0.05, 0.1) is 4.75 Å². The summed E-state index contributed by atoms with van der Waals surface area (Å²) in [5.41, 5.74) is 0. The molecule has 0 heterocycles. The lowest BCUT2D eigenvalue weighted by Gasteiger charge is -2.29. The normalized spacial score (nSPS) is 13.6. The number of hydrogen-bond acceptors (Lipinski definition) is 2. The van der Waals surface area contributed by atoms with Gasteiger partial charge >= 0.3 is 0 Å². The summed E-state index contributed by atoms with van der Waals surface area (Å²) in [5.74, 6) is 0.343. The van der Waals surface area contributed by atoms with Crippen molar-refractivity contribution >= 4 is 21.6 Å². The highest BCUT2D eigenvalue weighted by Crippen LogP contribution is 2.20. The second-order valence-corrected chi connectivity index (χ2v) is 7.27. The lowest BCUT2D eigenvalue weighted by molar-refractivity contribution is 0.409. The van der Waals surface area contributed by atoms with Crippen LogP contribution in [0.15, 0.2) is 0 Å². The van der Waals surface area contributed by atoms with Crippen LogP contribution in [-0.4, -0.2) is 36.4 Å². The van der Waals surface area contributed by atoms with E-state index in [2.05, 4.69) is 0 Å². The molecule has 0 aromatic heterocycles. The molecule has 3 nitrogen and oxygen atoms in total. The maximum atomic E-state index is 12.0. The molecule has 0 amide bonds. The number of rotatable bonds is 5. The molecule has 0 saturated carbocycles. The van der Waals surface area contributed by atoms with E-state index in [0.29, 0.717) is 19.0 Å². The maximum Gasteiger partial charge on any atom is 0.219 e. The largest absolute Gasteiger partial charge is 0.219 e. The van der Waals surface area contributed by atoms with Gasteiger partial charge in [0.15, 0.2) is 0 Å². The van der Waals surface area contributed by atoms with Crippen LogP contribution < -0.4 is 0 Å². The number of nitrogens with zero attached hydrogens (tertiary/aromatic N) is 1. The fourth-order valence-electron chi connectivity index (χ4n) is 1.08. The van der Waals surface area contributed by atoms with E-state index in [1.54, 1.807) is 20.8 Å². The molecule has 0 unspecified atom stereocenters. The quantitative estimate of drug-likeness (QED) is 0.691. The molecule has 0 aliphatic carbocycles. The Morgan fingerprint density at radius 1 is 1.21 bits per heavy atom. The van der Waals surface area contributed by atoms with Crippen LogP contribution in [0.2, 0.25) is 0 Å². The molecule has 0 atom stereocenters. The van der Waals surface area contributed by atoms with E-state index < -0.39 is 14.8 Å². The van der Waals surface area contributed by atoms with Crippen LogP contribution in [0.3, 0.4) is 0 Å². The van der Waals surface area contributed by atoms with Crippen molar-refractivity contribution in [3.8, 4) is 0 Å². The Labute approximate surface area is 92.5 Å². The lowest BCUT2D eigenvalue weighted by Crippen LogP contribution is -2.44. The molecular weight excluding hydrogens is 222 g/mol. The standard InChI is InChI=1S/C9H20ClNO2S/c1-5-7-11(8-6-10)14(12,13)9(2,3)4/h5-8H2,1-4H3. The monoisotopic (exact) mass is 241 g/mol. The van der Waals surface area contributed by atoms with Gasteiger partial charge in [0, 0.05) is 19.0 Å². The number of halogens is 1. The molecule has 0 N–H and O–H groups in total. The molecule has 0 aliphatic heterocycles. The Bertz CT molecular complexity index is 250. The van der Waals surface area contributed by atoms with Crippen molar-refractivity contribution in [2.45, 2.75) is 38.9 Å². The molecule has 0 aromatic rings. The first-order valence-corrected chi connectivity index (χ1v) is 6.80. The molecule has 0 saturated heterocycles. The van der Waals surface area contributed by atoms with Crippen LogP contribution in [0.4, 0.5) is 0 Å². The Morgan fingerprint density at radius 2 is 1.71 bits per heavy atom. The van der Waals surface area contributed by atoms with E-state index in [0.717, 1.165) is 6.42 Å².